The number of fused-ring (bicyclic) bond motifs is 1. The summed E-state index contributed by atoms with van der Waals surface area (Å²) in [5.41, 5.74) is 7.29. The van der Waals surface area contributed by atoms with Crippen molar-refractivity contribution in [1.82, 2.24) is 19.8 Å². The topological polar surface area (TPSA) is 93.2 Å². The summed E-state index contributed by atoms with van der Waals surface area (Å²) >= 11 is 0. The van der Waals surface area contributed by atoms with E-state index in [4.69, 9.17) is 5.73 Å². The lowest BCUT2D eigenvalue weighted by Gasteiger charge is -2.27. The number of likely N-dealkylation sites (tertiary alicyclic amines) is 1. The minimum Gasteiger partial charge on any atom is -0.368 e. The molecule has 24 heavy (non-hydrogen) atoms. The van der Waals surface area contributed by atoms with Gasteiger partial charge in [0.05, 0.1) is 12.1 Å². The predicted molar refractivity (Wildman–Crippen MR) is 90.9 cm³/mol. The number of carbonyl (C=O) groups excluding carboxylic acids is 2. The van der Waals surface area contributed by atoms with Gasteiger partial charge in [-0.3, -0.25) is 14.5 Å². The summed E-state index contributed by atoms with van der Waals surface area (Å²) < 4.78 is 1.96. The van der Waals surface area contributed by atoms with Crippen LogP contribution >= 0.6 is 0 Å². The Kier molecular flexibility index (Phi) is 4.53. The first-order chi connectivity index (χ1) is 11.5. The highest BCUT2D eigenvalue weighted by molar-refractivity contribution is 5.84. The van der Waals surface area contributed by atoms with Gasteiger partial charge in [0.15, 0.2) is 0 Å². The first-order valence-electron chi connectivity index (χ1n) is 8.20. The van der Waals surface area contributed by atoms with Crippen molar-refractivity contribution in [1.29, 1.82) is 0 Å². The molecule has 1 aliphatic rings. The minimum atomic E-state index is -0.376. The molecule has 7 nitrogen and oxygen atoms in total. The lowest BCUT2D eigenvalue weighted by Crippen LogP contribution is -2.50. The smallest absolute Gasteiger partial charge is 0.237 e. The van der Waals surface area contributed by atoms with Crippen LogP contribution < -0.4 is 11.1 Å². The second kappa shape index (κ2) is 6.60. The number of hydrogen-bond acceptors (Lipinski definition) is 4. The summed E-state index contributed by atoms with van der Waals surface area (Å²) in [6.45, 7) is 2.95. The average molecular weight is 329 g/mol. The number of carbonyl (C=O) groups is 2. The fourth-order valence-corrected chi connectivity index (χ4v) is 3.34. The van der Waals surface area contributed by atoms with Crippen molar-refractivity contribution < 1.29 is 9.59 Å². The molecule has 7 heteroatoms. The quantitative estimate of drug-likeness (QED) is 0.837. The maximum absolute atomic E-state index is 12.4. The number of nitrogens with one attached hydrogen (secondary N) is 1. The Hall–Kier alpha value is -2.41. The summed E-state index contributed by atoms with van der Waals surface area (Å²) in [6, 6.07) is 3.30. The molecule has 0 aromatic carbocycles. The van der Waals surface area contributed by atoms with E-state index in [-0.39, 0.29) is 23.9 Å². The number of primary amides is 1. The second-order valence-corrected chi connectivity index (χ2v) is 6.38. The zero-order valence-electron chi connectivity index (χ0n) is 14.0. The third kappa shape index (κ3) is 3.12. The van der Waals surface area contributed by atoms with Gasteiger partial charge in [0.1, 0.15) is 5.65 Å². The van der Waals surface area contributed by atoms with Gasteiger partial charge in [-0.1, -0.05) is 0 Å². The first kappa shape index (κ1) is 16.4. The number of nitrogens with two attached hydrogens (primary N) is 1. The van der Waals surface area contributed by atoms with Gasteiger partial charge in [-0.25, -0.2) is 4.98 Å². The van der Waals surface area contributed by atoms with Gasteiger partial charge in [-0.2, -0.15) is 0 Å². The molecule has 128 valence electrons. The molecule has 3 rings (SSSR count). The van der Waals surface area contributed by atoms with E-state index in [0.29, 0.717) is 6.54 Å². The van der Waals surface area contributed by atoms with Crippen molar-refractivity contribution in [2.45, 2.75) is 38.4 Å². The molecule has 2 amide bonds. The Balaban J connectivity index is 1.62. The molecule has 0 bridgehead atoms. The van der Waals surface area contributed by atoms with Gasteiger partial charge in [0.2, 0.25) is 11.8 Å². The minimum absolute atomic E-state index is 0.101. The Morgan fingerprint density at radius 2 is 2.29 bits per heavy atom. The third-order valence-electron chi connectivity index (χ3n) is 4.73. The van der Waals surface area contributed by atoms with Crippen molar-refractivity contribution >= 4 is 22.8 Å². The van der Waals surface area contributed by atoms with Crippen LogP contribution in [0, 0.1) is 0 Å². The van der Waals surface area contributed by atoms with Crippen LogP contribution in [0.5, 0.6) is 0 Å². The third-order valence-corrected chi connectivity index (χ3v) is 4.73. The maximum atomic E-state index is 12.4. The second-order valence-electron chi connectivity index (χ2n) is 6.38. The van der Waals surface area contributed by atoms with Crippen molar-refractivity contribution in [2.24, 2.45) is 12.8 Å². The lowest BCUT2D eigenvalue weighted by molar-refractivity contribution is -0.129. The predicted octanol–water partition coefficient (Wildman–Crippen LogP) is 0.528. The Morgan fingerprint density at radius 3 is 3.04 bits per heavy atom. The molecule has 0 saturated carbocycles. The van der Waals surface area contributed by atoms with Gasteiger partial charge in [-0.15, -0.1) is 0 Å². The van der Waals surface area contributed by atoms with Gasteiger partial charge in [0.25, 0.3) is 0 Å². The highest BCUT2D eigenvalue weighted by atomic mass is 16.2. The highest BCUT2D eigenvalue weighted by Crippen LogP contribution is 2.20. The van der Waals surface area contributed by atoms with Crippen LogP contribution in [0.4, 0.5) is 0 Å². The van der Waals surface area contributed by atoms with Crippen LogP contribution in [-0.2, 0) is 23.2 Å². The van der Waals surface area contributed by atoms with Gasteiger partial charge >= 0.3 is 0 Å². The zero-order chi connectivity index (χ0) is 17.3. The fraction of sp³-hybridized carbons (Fsp3) is 0.471. The Morgan fingerprint density at radius 1 is 1.50 bits per heavy atom. The van der Waals surface area contributed by atoms with Crippen LogP contribution in [0.1, 0.15) is 25.3 Å². The van der Waals surface area contributed by atoms with E-state index in [1.54, 1.807) is 6.20 Å². The number of hydrogen-bond donors (Lipinski definition) is 2. The summed E-state index contributed by atoms with van der Waals surface area (Å²) in [5, 5.41) is 3.97. The molecular formula is C17H23N5O2. The monoisotopic (exact) mass is 329 g/mol. The van der Waals surface area contributed by atoms with E-state index < -0.39 is 0 Å². The molecule has 2 aromatic rings. The normalized spacial score (nSPS) is 19.5. The molecule has 3 N–H and O–H groups in total. The van der Waals surface area contributed by atoms with E-state index in [1.807, 2.05) is 41.8 Å². The molecule has 1 saturated heterocycles. The zero-order valence-corrected chi connectivity index (χ0v) is 14.0. The standard InChI is InChI=1S/C17H23N5O2/c1-11(22-6-3-4-14(22)15(18)23)17(24)20-10-12-8-13-5-7-21(2)16(13)19-9-12/h5,7-9,11,14H,3-4,6,10H2,1-2H3,(H2,18,23)(H,20,24)/t11-,14?/m0/s1. The van der Waals surface area contributed by atoms with E-state index in [9.17, 15) is 9.59 Å². The van der Waals surface area contributed by atoms with E-state index in [2.05, 4.69) is 10.3 Å². The van der Waals surface area contributed by atoms with Gasteiger partial charge in [-0.05, 0) is 44.0 Å². The van der Waals surface area contributed by atoms with Crippen molar-refractivity contribution in [3.8, 4) is 0 Å². The van der Waals surface area contributed by atoms with Gasteiger partial charge in [0, 0.05) is 31.4 Å². The number of aromatic nitrogens is 2. The number of nitrogens with zero attached hydrogens (tertiary/aromatic N) is 3. The van der Waals surface area contributed by atoms with Crippen LogP contribution in [0.2, 0.25) is 0 Å². The maximum Gasteiger partial charge on any atom is 0.237 e. The molecule has 2 atom stereocenters. The summed E-state index contributed by atoms with van der Waals surface area (Å²) in [4.78, 5) is 30.2. The Labute approximate surface area is 140 Å². The van der Waals surface area contributed by atoms with E-state index in [0.717, 1.165) is 36.0 Å². The molecule has 1 aliphatic heterocycles. The van der Waals surface area contributed by atoms with Crippen molar-refractivity contribution in [3.05, 3.63) is 30.1 Å². The van der Waals surface area contributed by atoms with Crippen LogP contribution in [0.3, 0.4) is 0 Å². The number of pyridine rings is 1. The average Bonchev–Trinajstić information content (AvgIpc) is 3.19. The van der Waals surface area contributed by atoms with Crippen LogP contribution in [-0.4, -0.2) is 44.9 Å². The highest BCUT2D eigenvalue weighted by Gasteiger charge is 2.35. The lowest BCUT2D eigenvalue weighted by atomic mass is 10.1. The fourth-order valence-electron chi connectivity index (χ4n) is 3.34. The summed E-state index contributed by atoms with van der Waals surface area (Å²) in [6.07, 6.45) is 5.34. The molecule has 0 aliphatic carbocycles. The van der Waals surface area contributed by atoms with Crippen LogP contribution in [0.15, 0.2) is 24.5 Å². The molecule has 1 fully saturated rings. The van der Waals surface area contributed by atoms with Gasteiger partial charge < -0.3 is 15.6 Å². The molecule has 0 spiro atoms. The molecule has 0 radical (unpaired) electrons. The number of amides is 2. The van der Waals surface area contributed by atoms with Crippen LogP contribution in [0.25, 0.3) is 11.0 Å². The molecule has 2 aromatic heterocycles. The summed E-state index contributed by atoms with van der Waals surface area (Å²) in [5.74, 6) is -0.456. The molecule has 1 unspecified atom stereocenters. The molecular weight excluding hydrogens is 306 g/mol. The molecule has 3 heterocycles. The largest absolute Gasteiger partial charge is 0.368 e. The van der Waals surface area contributed by atoms with E-state index >= 15 is 0 Å². The first-order valence-corrected chi connectivity index (χ1v) is 8.20. The SMILES string of the molecule is C[C@@H](C(=O)NCc1cnc2c(ccn2C)c1)N1CCCC1C(N)=O. The Bertz CT molecular complexity index is 769. The van der Waals surface area contributed by atoms with E-state index in [1.165, 1.54) is 0 Å². The number of aryl methyl sites for hydroxylation is 1. The number of rotatable bonds is 5. The van der Waals surface area contributed by atoms with Crippen molar-refractivity contribution in [3.63, 3.8) is 0 Å². The van der Waals surface area contributed by atoms with Crippen molar-refractivity contribution in [2.75, 3.05) is 6.54 Å². The summed E-state index contributed by atoms with van der Waals surface area (Å²) in [7, 11) is 1.95.